The molecule has 0 bridgehead atoms. The number of nitrogens with zero attached hydrogens (tertiary/aromatic N) is 4. The first kappa shape index (κ1) is 17.8. The zero-order valence-electron chi connectivity index (χ0n) is 14.4. The molecule has 0 radical (unpaired) electrons. The fourth-order valence-corrected chi connectivity index (χ4v) is 3.59. The van der Waals surface area contributed by atoms with Crippen molar-refractivity contribution >= 4 is 15.9 Å². The lowest BCUT2D eigenvalue weighted by atomic mass is 9.96. The monoisotopic (exact) mass is 406 g/mol. The number of hydrogen-bond donors (Lipinski definition) is 1. The van der Waals surface area contributed by atoms with Crippen LogP contribution in [-0.2, 0) is 20.0 Å². The minimum Gasteiger partial charge on any atom is -0.389 e. The summed E-state index contributed by atoms with van der Waals surface area (Å²) in [5, 5.41) is 18.8. The van der Waals surface area contributed by atoms with Gasteiger partial charge < -0.3 is 5.11 Å². The van der Waals surface area contributed by atoms with E-state index in [1.807, 2.05) is 24.9 Å². The molecule has 0 aliphatic carbocycles. The van der Waals surface area contributed by atoms with Crippen molar-refractivity contribution in [3.05, 3.63) is 57.7 Å². The Morgan fingerprint density at radius 2 is 1.96 bits per heavy atom. The number of aliphatic hydroxyl groups excluding tert-OH is 1. The predicted octanol–water partition coefficient (Wildman–Crippen LogP) is 3.85. The standard InChI is InChI=1S/C18H20BrFN4O/c1-4-24-18(19)13(10-22-24)7-12-9-21-23(3)17(12)15-6-5-14(20)8-16(15)11(2)25/h5-6,8-11,25H,4,7H2,1-3H3. The van der Waals surface area contributed by atoms with Crippen LogP contribution in [0.15, 0.2) is 35.2 Å². The molecule has 1 unspecified atom stereocenters. The van der Waals surface area contributed by atoms with Gasteiger partial charge in [-0.1, -0.05) is 0 Å². The van der Waals surface area contributed by atoms with Gasteiger partial charge in [-0.05, 0) is 53.5 Å². The maximum atomic E-state index is 13.6. The highest BCUT2D eigenvalue weighted by Gasteiger charge is 2.19. The molecule has 0 fully saturated rings. The number of hydrogen-bond acceptors (Lipinski definition) is 3. The molecule has 0 saturated heterocycles. The molecule has 2 heterocycles. The van der Waals surface area contributed by atoms with Gasteiger partial charge in [0.25, 0.3) is 0 Å². The number of benzene rings is 1. The molecule has 0 spiro atoms. The van der Waals surface area contributed by atoms with Crippen LogP contribution in [0, 0.1) is 5.82 Å². The quantitative estimate of drug-likeness (QED) is 0.699. The van der Waals surface area contributed by atoms with Crippen LogP contribution >= 0.6 is 15.9 Å². The molecule has 1 aromatic carbocycles. The third-order valence-electron chi connectivity index (χ3n) is 4.26. The van der Waals surface area contributed by atoms with Crippen molar-refractivity contribution in [1.29, 1.82) is 0 Å². The molecule has 0 amide bonds. The lowest BCUT2D eigenvalue weighted by molar-refractivity contribution is 0.199. The van der Waals surface area contributed by atoms with Gasteiger partial charge in [-0.25, -0.2) is 4.39 Å². The molecule has 0 saturated carbocycles. The van der Waals surface area contributed by atoms with Crippen molar-refractivity contribution in [3.8, 4) is 11.3 Å². The van der Waals surface area contributed by atoms with Crippen LogP contribution in [-0.4, -0.2) is 24.7 Å². The topological polar surface area (TPSA) is 55.9 Å². The van der Waals surface area contributed by atoms with E-state index in [-0.39, 0.29) is 5.82 Å². The van der Waals surface area contributed by atoms with Crippen LogP contribution < -0.4 is 0 Å². The van der Waals surface area contributed by atoms with Gasteiger partial charge in [0.1, 0.15) is 10.4 Å². The number of aromatic nitrogens is 4. The first-order chi connectivity index (χ1) is 11.9. The van der Waals surface area contributed by atoms with Gasteiger partial charge in [0.05, 0.1) is 24.2 Å². The average Bonchev–Trinajstić information content (AvgIpc) is 3.11. The van der Waals surface area contributed by atoms with Crippen molar-refractivity contribution in [1.82, 2.24) is 19.6 Å². The van der Waals surface area contributed by atoms with E-state index in [9.17, 15) is 9.50 Å². The lowest BCUT2D eigenvalue weighted by Gasteiger charge is -2.14. The molecule has 3 rings (SSSR count). The average molecular weight is 407 g/mol. The molecule has 1 atom stereocenters. The van der Waals surface area contributed by atoms with Crippen molar-refractivity contribution in [2.45, 2.75) is 32.9 Å². The molecule has 5 nitrogen and oxygen atoms in total. The Morgan fingerprint density at radius 1 is 1.24 bits per heavy atom. The number of aryl methyl sites for hydroxylation is 2. The van der Waals surface area contributed by atoms with Crippen molar-refractivity contribution in [2.75, 3.05) is 0 Å². The fraction of sp³-hybridized carbons (Fsp3) is 0.333. The van der Waals surface area contributed by atoms with Crippen molar-refractivity contribution in [2.24, 2.45) is 7.05 Å². The molecule has 0 aliphatic heterocycles. The maximum absolute atomic E-state index is 13.6. The smallest absolute Gasteiger partial charge is 0.123 e. The van der Waals surface area contributed by atoms with Gasteiger partial charge in [-0.15, -0.1) is 0 Å². The number of rotatable bonds is 5. The summed E-state index contributed by atoms with van der Waals surface area (Å²) in [5.74, 6) is -0.365. The van der Waals surface area contributed by atoms with Crippen molar-refractivity contribution < 1.29 is 9.50 Å². The van der Waals surface area contributed by atoms with E-state index in [0.717, 1.165) is 33.5 Å². The number of halogens is 2. The summed E-state index contributed by atoms with van der Waals surface area (Å²) in [4.78, 5) is 0. The Labute approximate surface area is 154 Å². The Bertz CT molecular complexity index is 901. The van der Waals surface area contributed by atoms with Gasteiger partial charge in [0, 0.05) is 36.7 Å². The van der Waals surface area contributed by atoms with E-state index in [0.29, 0.717) is 12.0 Å². The van der Waals surface area contributed by atoms with Crippen molar-refractivity contribution in [3.63, 3.8) is 0 Å². The highest BCUT2D eigenvalue weighted by Crippen LogP contribution is 2.33. The zero-order chi connectivity index (χ0) is 18.1. The molecular weight excluding hydrogens is 387 g/mol. The Balaban J connectivity index is 2.07. The van der Waals surface area contributed by atoms with Crippen LogP contribution in [0.1, 0.15) is 36.6 Å². The summed E-state index contributed by atoms with van der Waals surface area (Å²) >= 11 is 3.59. The largest absolute Gasteiger partial charge is 0.389 e. The van der Waals surface area contributed by atoms with Gasteiger partial charge >= 0.3 is 0 Å². The van der Waals surface area contributed by atoms with E-state index in [1.165, 1.54) is 12.1 Å². The summed E-state index contributed by atoms with van der Waals surface area (Å²) < 4.78 is 18.2. The minimum absolute atomic E-state index is 0.365. The van der Waals surface area contributed by atoms with E-state index in [1.54, 1.807) is 23.9 Å². The first-order valence-electron chi connectivity index (χ1n) is 8.11. The summed E-state index contributed by atoms with van der Waals surface area (Å²) in [7, 11) is 1.85. The van der Waals surface area contributed by atoms with Crippen LogP contribution in [0.2, 0.25) is 0 Å². The first-order valence-corrected chi connectivity index (χ1v) is 8.90. The summed E-state index contributed by atoms with van der Waals surface area (Å²) in [6.07, 6.45) is 3.51. The summed E-state index contributed by atoms with van der Waals surface area (Å²) in [6, 6.07) is 4.48. The highest BCUT2D eigenvalue weighted by atomic mass is 79.9. The fourth-order valence-electron chi connectivity index (χ4n) is 3.01. The molecule has 2 aromatic heterocycles. The van der Waals surface area contributed by atoms with Gasteiger partial charge in [-0.2, -0.15) is 10.2 Å². The predicted molar refractivity (Wildman–Crippen MR) is 97.6 cm³/mol. The zero-order valence-corrected chi connectivity index (χ0v) is 16.0. The third kappa shape index (κ3) is 3.39. The molecule has 132 valence electrons. The van der Waals surface area contributed by atoms with Gasteiger partial charge in [0.15, 0.2) is 0 Å². The Morgan fingerprint density at radius 3 is 2.60 bits per heavy atom. The maximum Gasteiger partial charge on any atom is 0.123 e. The van der Waals surface area contributed by atoms with Crippen LogP contribution in [0.25, 0.3) is 11.3 Å². The third-order valence-corrected chi connectivity index (χ3v) is 5.18. The molecule has 7 heteroatoms. The molecule has 3 aromatic rings. The van der Waals surface area contributed by atoms with E-state index >= 15 is 0 Å². The van der Waals surface area contributed by atoms with Crippen LogP contribution in [0.5, 0.6) is 0 Å². The molecule has 25 heavy (non-hydrogen) atoms. The summed E-state index contributed by atoms with van der Waals surface area (Å²) in [5.41, 5.74) is 4.25. The Hall–Kier alpha value is -1.99. The molecular formula is C18H20BrFN4O. The number of aliphatic hydroxyl groups is 1. The minimum atomic E-state index is -0.775. The Kier molecular flexibility index (Phi) is 5.06. The van der Waals surface area contributed by atoms with Gasteiger partial charge in [0.2, 0.25) is 0 Å². The SMILES string of the molecule is CCn1ncc(Cc2cnn(C)c2-c2ccc(F)cc2C(C)O)c1Br. The lowest BCUT2D eigenvalue weighted by Crippen LogP contribution is -2.03. The highest BCUT2D eigenvalue weighted by molar-refractivity contribution is 9.10. The van der Waals surface area contributed by atoms with E-state index in [4.69, 9.17) is 0 Å². The molecule has 1 N–H and O–H groups in total. The van der Waals surface area contributed by atoms with Crippen LogP contribution in [0.4, 0.5) is 4.39 Å². The van der Waals surface area contributed by atoms with Gasteiger partial charge in [-0.3, -0.25) is 9.36 Å². The second kappa shape index (κ2) is 7.09. The normalized spacial score (nSPS) is 12.6. The summed E-state index contributed by atoms with van der Waals surface area (Å²) in [6.45, 7) is 4.45. The van der Waals surface area contributed by atoms with E-state index < -0.39 is 6.10 Å². The second-order valence-corrected chi connectivity index (χ2v) is 6.75. The second-order valence-electron chi connectivity index (χ2n) is 6.00. The molecule has 0 aliphatic rings. The van der Waals surface area contributed by atoms with Crippen LogP contribution in [0.3, 0.4) is 0 Å². The van der Waals surface area contributed by atoms with E-state index in [2.05, 4.69) is 26.1 Å².